The molecule has 90 valence electrons. The zero-order valence-corrected chi connectivity index (χ0v) is 9.29. The molecule has 0 spiro atoms. The number of nitrogens with two attached hydrogens (primary N) is 1. The zero-order valence-electron chi connectivity index (χ0n) is 9.29. The fourth-order valence-electron chi connectivity index (χ4n) is 2.22. The molecule has 0 saturated heterocycles. The van der Waals surface area contributed by atoms with Gasteiger partial charge >= 0.3 is 5.97 Å². The molecule has 2 aliphatic rings. The van der Waals surface area contributed by atoms with Crippen LogP contribution in [0.4, 0.5) is 0 Å². The van der Waals surface area contributed by atoms with Gasteiger partial charge in [0.1, 0.15) is 0 Å². The number of carboxylic acid groups (broad SMARTS) is 1. The molecular weight excluding hydrogens is 208 g/mol. The predicted octanol–water partition coefficient (Wildman–Crippen LogP) is 0.239. The third-order valence-corrected chi connectivity index (χ3v) is 3.81. The van der Waals surface area contributed by atoms with Gasteiger partial charge in [-0.3, -0.25) is 9.59 Å². The number of hydrogen-bond donors (Lipinski definition) is 3. The Kier molecular flexibility index (Phi) is 2.66. The number of hydrogen-bond acceptors (Lipinski definition) is 3. The summed E-state index contributed by atoms with van der Waals surface area (Å²) in [5.41, 5.74) is 4.88. The lowest BCUT2D eigenvalue weighted by atomic mass is 9.66. The molecule has 0 aromatic carbocycles. The largest absolute Gasteiger partial charge is 0.481 e. The van der Waals surface area contributed by atoms with Gasteiger partial charge in [0.05, 0.1) is 12.0 Å². The van der Waals surface area contributed by atoms with Gasteiger partial charge in [-0.2, -0.15) is 0 Å². The van der Waals surface area contributed by atoms with E-state index in [9.17, 15) is 9.59 Å². The van der Waals surface area contributed by atoms with Crippen LogP contribution in [0.1, 0.15) is 38.5 Å². The van der Waals surface area contributed by atoms with Crippen molar-refractivity contribution in [2.24, 2.45) is 11.1 Å². The number of carbonyl (C=O) groups excluding carboxylic acids is 1. The van der Waals surface area contributed by atoms with Crippen LogP contribution >= 0.6 is 0 Å². The van der Waals surface area contributed by atoms with Crippen LogP contribution in [-0.2, 0) is 9.59 Å². The second-order valence-corrected chi connectivity index (χ2v) is 5.26. The summed E-state index contributed by atoms with van der Waals surface area (Å²) in [6.07, 6.45) is 4.45. The Morgan fingerprint density at radius 1 is 1.25 bits per heavy atom. The third kappa shape index (κ3) is 2.19. The van der Waals surface area contributed by atoms with Gasteiger partial charge in [0.25, 0.3) is 0 Å². The highest BCUT2D eigenvalue weighted by Gasteiger charge is 2.47. The van der Waals surface area contributed by atoms with Crippen molar-refractivity contribution in [1.82, 2.24) is 5.32 Å². The van der Waals surface area contributed by atoms with E-state index < -0.39 is 11.5 Å². The van der Waals surface area contributed by atoms with Crippen molar-refractivity contribution in [2.75, 3.05) is 6.54 Å². The Balaban J connectivity index is 1.83. The molecule has 2 fully saturated rings. The van der Waals surface area contributed by atoms with Gasteiger partial charge < -0.3 is 16.2 Å². The average molecular weight is 226 g/mol. The molecule has 5 nitrogen and oxygen atoms in total. The summed E-state index contributed by atoms with van der Waals surface area (Å²) in [6, 6.07) is 0. The van der Waals surface area contributed by atoms with E-state index in [0.29, 0.717) is 6.54 Å². The molecule has 0 bridgehead atoms. The van der Waals surface area contributed by atoms with Gasteiger partial charge in [0, 0.05) is 6.54 Å². The maximum Gasteiger partial charge on any atom is 0.303 e. The van der Waals surface area contributed by atoms with E-state index in [1.165, 1.54) is 0 Å². The molecule has 4 N–H and O–H groups in total. The predicted molar refractivity (Wildman–Crippen MR) is 57.7 cm³/mol. The van der Waals surface area contributed by atoms with Crippen LogP contribution < -0.4 is 11.1 Å². The summed E-state index contributed by atoms with van der Waals surface area (Å²) in [5, 5.41) is 11.6. The number of aliphatic carboxylic acids is 1. The molecule has 16 heavy (non-hydrogen) atoms. The fourth-order valence-corrected chi connectivity index (χ4v) is 2.22. The minimum Gasteiger partial charge on any atom is -0.481 e. The lowest BCUT2D eigenvalue weighted by Crippen LogP contribution is -2.49. The molecule has 5 heteroatoms. The monoisotopic (exact) mass is 226 g/mol. The normalized spacial score (nSPS) is 24.3. The van der Waals surface area contributed by atoms with Crippen molar-refractivity contribution in [2.45, 2.75) is 44.1 Å². The first kappa shape index (κ1) is 11.4. The minimum absolute atomic E-state index is 0.121. The molecule has 2 rings (SSSR count). The SMILES string of the molecule is NC1(C(=O)NCC2(CC(=O)O)CCC2)CC1. The maximum absolute atomic E-state index is 11.6. The minimum atomic E-state index is -0.789. The second-order valence-electron chi connectivity index (χ2n) is 5.26. The van der Waals surface area contributed by atoms with E-state index >= 15 is 0 Å². The Hall–Kier alpha value is -1.10. The van der Waals surface area contributed by atoms with Crippen molar-refractivity contribution in [3.63, 3.8) is 0 Å². The van der Waals surface area contributed by atoms with Crippen molar-refractivity contribution >= 4 is 11.9 Å². The Labute approximate surface area is 94.4 Å². The zero-order chi connectivity index (χ0) is 11.8. The van der Waals surface area contributed by atoms with Crippen LogP contribution in [0.15, 0.2) is 0 Å². The molecule has 0 unspecified atom stereocenters. The van der Waals surface area contributed by atoms with Crippen molar-refractivity contribution in [3.05, 3.63) is 0 Å². The summed E-state index contributed by atoms with van der Waals surface area (Å²) in [6.45, 7) is 0.455. The van der Waals surface area contributed by atoms with Gasteiger partial charge in [-0.15, -0.1) is 0 Å². The van der Waals surface area contributed by atoms with Crippen LogP contribution in [0, 0.1) is 5.41 Å². The number of amides is 1. The van der Waals surface area contributed by atoms with E-state index in [-0.39, 0.29) is 17.7 Å². The Morgan fingerprint density at radius 3 is 2.25 bits per heavy atom. The van der Waals surface area contributed by atoms with Crippen LogP contribution in [0.2, 0.25) is 0 Å². The first-order valence-corrected chi connectivity index (χ1v) is 5.75. The van der Waals surface area contributed by atoms with Crippen molar-refractivity contribution in [1.29, 1.82) is 0 Å². The molecule has 0 heterocycles. The third-order valence-electron chi connectivity index (χ3n) is 3.81. The molecule has 0 aliphatic heterocycles. The highest BCUT2D eigenvalue weighted by Crippen LogP contribution is 2.43. The second kappa shape index (κ2) is 3.73. The van der Waals surface area contributed by atoms with E-state index in [0.717, 1.165) is 32.1 Å². The van der Waals surface area contributed by atoms with Gasteiger partial charge in [-0.25, -0.2) is 0 Å². The van der Waals surface area contributed by atoms with Gasteiger partial charge in [-0.1, -0.05) is 6.42 Å². The van der Waals surface area contributed by atoms with Crippen molar-refractivity contribution in [3.8, 4) is 0 Å². The highest BCUT2D eigenvalue weighted by molar-refractivity contribution is 5.89. The summed E-state index contributed by atoms with van der Waals surface area (Å²) in [5.74, 6) is -0.910. The van der Waals surface area contributed by atoms with Gasteiger partial charge in [0.15, 0.2) is 0 Å². The van der Waals surface area contributed by atoms with Crippen molar-refractivity contribution < 1.29 is 14.7 Å². The van der Waals surface area contributed by atoms with E-state index in [2.05, 4.69) is 5.32 Å². The van der Waals surface area contributed by atoms with Crippen LogP contribution in [0.5, 0.6) is 0 Å². The van der Waals surface area contributed by atoms with E-state index in [4.69, 9.17) is 10.8 Å². The number of carbonyl (C=O) groups is 2. The van der Waals surface area contributed by atoms with E-state index in [1.54, 1.807) is 0 Å². The quantitative estimate of drug-likeness (QED) is 0.626. The van der Waals surface area contributed by atoms with Crippen LogP contribution in [0.3, 0.4) is 0 Å². The summed E-state index contributed by atoms with van der Waals surface area (Å²) in [4.78, 5) is 22.3. The molecule has 0 aromatic heterocycles. The summed E-state index contributed by atoms with van der Waals surface area (Å²) < 4.78 is 0. The number of rotatable bonds is 5. The highest BCUT2D eigenvalue weighted by atomic mass is 16.4. The molecule has 1 amide bonds. The molecule has 2 aliphatic carbocycles. The number of carboxylic acids is 1. The maximum atomic E-state index is 11.6. The first-order chi connectivity index (χ1) is 7.46. The smallest absolute Gasteiger partial charge is 0.303 e. The van der Waals surface area contributed by atoms with Crippen LogP contribution in [-0.4, -0.2) is 29.1 Å². The Morgan fingerprint density at radius 2 is 1.88 bits per heavy atom. The molecule has 0 radical (unpaired) electrons. The Bertz CT molecular complexity index is 319. The molecule has 2 saturated carbocycles. The van der Waals surface area contributed by atoms with Crippen LogP contribution in [0.25, 0.3) is 0 Å². The molecule has 0 atom stereocenters. The summed E-state index contributed by atoms with van der Waals surface area (Å²) in [7, 11) is 0. The average Bonchev–Trinajstić information content (AvgIpc) is 2.88. The standard InChI is InChI=1S/C11H18N2O3/c12-11(4-5-11)9(16)13-7-10(2-1-3-10)6-8(14)15/h1-7,12H2,(H,13,16)(H,14,15). The topological polar surface area (TPSA) is 92.4 Å². The molecular formula is C11H18N2O3. The lowest BCUT2D eigenvalue weighted by molar-refractivity contribution is -0.142. The summed E-state index contributed by atoms with van der Waals surface area (Å²) >= 11 is 0. The fraction of sp³-hybridized carbons (Fsp3) is 0.818. The molecule has 0 aromatic rings. The number of nitrogens with one attached hydrogen (secondary N) is 1. The lowest BCUT2D eigenvalue weighted by Gasteiger charge is -2.41. The van der Waals surface area contributed by atoms with Gasteiger partial charge in [0.2, 0.25) is 5.91 Å². The van der Waals surface area contributed by atoms with Gasteiger partial charge in [-0.05, 0) is 31.1 Å². The van der Waals surface area contributed by atoms with E-state index in [1.807, 2.05) is 0 Å². The first-order valence-electron chi connectivity index (χ1n) is 5.75.